The molecule has 19 heavy (non-hydrogen) atoms. The van der Waals surface area contributed by atoms with Crippen LogP contribution >= 0.6 is 0 Å². The predicted molar refractivity (Wildman–Crippen MR) is 61.9 cm³/mol. The zero-order chi connectivity index (χ0) is 14.5. The van der Waals surface area contributed by atoms with Crippen LogP contribution in [0.15, 0.2) is 21.6 Å². The first-order valence-corrected chi connectivity index (χ1v) is 7.09. The van der Waals surface area contributed by atoms with Gasteiger partial charge in [0, 0.05) is 0 Å². The summed E-state index contributed by atoms with van der Waals surface area (Å²) in [6, 6.07) is 2.53. The highest BCUT2D eigenvalue weighted by Gasteiger charge is 2.31. The molecule has 0 aliphatic carbocycles. The minimum atomic E-state index is -4.61. The zero-order valence-electron chi connectivity index (χ0n) is 10.3. The molecule has 0 fully saturated rings. The van der Waals surface area contributed by atoms with Gasteiger partial charge in [0.2, 0.25) is 5.09 Å². The van der Waals surface area contributed by atoms with Crippen LogP contribution in [0.1, 0.15) is 19.1 Å². The third kappa shape index (κ3) is 5.62. The summed E-state index contributed by atoms with van der Waals surface area (Å²) in [5.74, 6) is 0.348. The third-order valence-corrected chi connectivity index (χ3v) is 3.36. The van der Waals surface area contributed by atoms with Gasteiger partial charge in [0.1, 0.15) is 12.3 Å². The Bertz CT molecular complexity index is 496. The number of furan rings is 1. The van der Waals surface area contributed by atoms with E-state index in [1.54, 1.807) is 0 Å². The van der Waals surface area contributed by atoms with Crippen molar-refractivity contribution in [3.63, 3.8) is 0 Å². The number of hydrogen-bond acceptors (Lipinski definition) is 4. The van der Waals surface area contributed by atoms with Crippen LogP contribution in [0.2, 0.25) is 0 Å². The van der Waals surface area contributed by atoms with Crippen LogP contribution in [-0.2, 0) is 16.6 Å². The first-order chi connectivity index (χ1) is 8.74. The van der Waals surface area contributed by atoms with Crippen molar-refractivity contribution in [2.45, 2.75) is 31.2 Å². The topological polar surface area (TPSA) is 71.3 Å². The van der Waals surface area contributed by atoms with Gasteiger partial charge in [-0.15, -0.1) is 0 Å². The predicted octanol–water partition coefficient (Wildman–Crippen LogP) is 1.62. The van der Waals surface area contributed by atoms with Gasteiger partial charge in [0.25, 0.3) is 10.0 Å². The van der Waals surface area contributed by atoms with Crippen molar-refractivity contribution in [3.8, 4) is 0 Å². The van der Waals surface area contributed by atoms with Crippen LogP contribution in [0.4, 0.5) is 13.2 Å². The largest absolute Gasteiger partial charge is 0.447 e. The van der Waals surface area contributed by atoms with Gasteiger partial charge in [0.15, 0.2) is 0 Å². The molecule has 0 bridgehead atoms. The van der Waals surface area contributed by atoms with E-state index in [4.69, 9.17) is 4.42 Å². The molecule has 1 aromatic heterocycles. The first-order valence-electron chi connectivity index (χ1n) is 5.60. The Morgan fingerprint density at radius 3 is 2.58 bits per heavy atom. The lowest BCUT2D eigenvalue weighted by atomic mass is 10.4. The van der Waals surface area contributed by atoms with Gasteiger partial charge in [-0.1, -0.05) is 6.92 Å². The third-order valence-electron chi connectivity index (χ3n) is 2.09. The number of nitrogens with one attached hydrogen (secondary N) is 2. The maximum atomic E-state index is 11.9. The Hall–Kier alpha value is -1.06. The molecule has 110 valence electrons. The van der Waals surface area contributed by atoms with Crippen molar-refractivity contribution in [3.05, 3.63) is 17.9 Å². The Kier molecular flexibility index (Phi) is 5.39. The Morgan fingerprint density at radius 1 is 1.32 bits per heavy atom. The maximum absolute atomic E-state index is 11.9. The minimum Gasteiger partial charge on any atom is -0.447 e. The Balaban J connectivity index is 2.64. The van der Waals surface area contributed by atoms with E-state index in [9.17, 15) is 21.6 Å². The molecule has 0 aliphatic heterocycles. The summed E-state index contributed by atoms with van der Waals surface area (Å²) in [4.78, 5) is 0. The lowest BCUT2D eigenvalue weighted by Gasteiger charge is -2.07. The summed E-state index contributed by atoms with van der Waals surface area (Å²) in [7, 11) is -4.27. The highest BCUT2D eigenvalue weighted by molar-refractivity contribution is 7.89. The summed E-state index contributed by atoms with van der Waals surface area (Å²) >= 11 is 0. The van der Waals surface area contributed by atoms with Crippen LogP contribution in [0.5, 0.6) is 0 Å². The molecule has 0 radical (unpaired) electrons. The summed E-state index contributed by atoms with van der Waals surface area (Å²) in [5, 5.41) is 2.46. The number of sulfonamides is 1. The van der Waals surface area contributed by atoms with Crippen molar-refractivity contribution < 1.29 is 26.0 Å². The number of alkyl halides is 3. The molecule has 0 aliphatic rings. The van der Waals surface area contributed by atoms with Crippen LogP contribution in [0.25, 0.3) is 0 Å². The lowest BCUT2D eigenvalue weighted by molar-refractivity contribution is -0.121. The van der Waals surface area contributed by atoms with Gasteiger partial charge in [0.05, 0.1) is 6.54 Å². The molecule has 5 nitrogen and oxygen atoms in total. The highest BCUT2D eigenvalue weighted by atomic mass is 32.2. The SMILES string of the molecule is CCCNCc1ccc(S(=O)(=O)NCC(F)(F)F)o1. The molecule has 1 aromatic rings. The average molecular weight is 300 g/mol. The quantitative estimate of drug-likeness (QED) is 0.751. The van der Waals surface area contributed by atoms with Crippen molar-refractivity contribution in [1.29, 1.82) is 0 Å². The molecule has 0 saturated heterocycles. The molecule has 0 aromatic carbocycles. The Morgan fingerprint density at radius 2 is 2.00 bits per heavy atom. The molecule has 0 amide bonds. The standard InChI is InChI=1S/C10H15F3N2O3S/c1-2-5-14-6-8-3-4-9(18-8)19(16,17)15-7-10(11,12)13/h3-4,14-15H,2,5-7H2,1H3. The summed E-state index contributed by atoms with van der Waals surface area (Å²) in [6.45, 7) is 1.39. The molecule has 0 unspecified atom stereocenters. The van der Waals surface area contributed by atoms with Crippen LogP contribution < -0.4 is 10.0 Å². The summed E-state index contributed by atoms with van der Waals surface area (Å²) in [6.07, 6.45) is -3.70. The highest BCUT2D eigenvalue weighted by Crippen LogP contribution is 2.17. The molecule has 0 spiro atoms. The second kappa shape index (κ2) is 6.40. The van der Waals surface area contributed by atoms with E-state index in [1.165, 1.54) is 10.8 Å². The van der Waals surface area contributed by atoms with Crippen molar-refractivity contribution in [2.75, 3.05) is 13.1 Å². The van der Waals surface area contributed by atoms with E-state index >= 15 is 0 Å². The second-order valence-corrected chi connectivity index (χ2v) is 5.54. The Labute approximate surface area is 109 Å². The number of hydrogen-bond donors (Lipinski definition) is 2. The maximum Gasteiger partial charge on any atom is 0.402 e. The van der Waals surface area contributed by atoms with Crippen molar-refractivity contribution >= 4 is 10.0 Å². The van der Waals surface area contributed by atoms with E-state index in [0.717, 1.165) is 19.0 Å². The second-order valence-electron chi connectivity index (χ2n) is 3.84. The van der Waals surface area contributed by atoms with Crippen molar-refractivity contribution in [1.82, 2.24) is 10.0 Å². The minimum absolute atomic E-state index is 0.322. The van der Waals surface area contributed by atoms with Crippen LogP contribution in [-0.4, -0.2) is 27.7 Å². The monoisotopic (exact) mass is 300 g/mol. The normalized spacial score (nSPS) is 12.8. The molecule has 0 atom stereocenters. The van der Waals surface area contributed by atoms with Crippen LogP contribution in [0.3, 0.4) is 0 Å². The summed E-state index contributed by atoms with van der Waals surface area (Å²) < 4.78 is 65.2. The zero-order valence-corrected chi connectivity index (χ0v) is 11.1. The van der Waals surface area contributed by atoms with Gasteiger partial charge in [-0.25, -0.2) is 8.42 Å². The number of rotatable bonds is 7. The van der Waals surface area contributed by atoms with E-state index in [2.05, 4.69) is 5.32 Å². The van der Waals surface area contributed by atoms with Gasteiger partial charge in [-0.05, 0) is 25.1 Å². The van der Waals surface area contributed by atoms with E-state index in [0.29, 0.717) is 12.3 Å². The van der Waals surface area contributed by atoms with Gasteiger partial charge >= 0.3 is 6.18 Å². The fourth-order valence-corrected chi connectivity index (χ4v) is 2.19. The smallest absolute Gasteiger partial charge is 0.402 e. The lowest BCUT2D eigenvalue weighted by Crippen LogP contribution is -2.33. The molecule has 2 N–H and O–H groups in total. The van der Waals surface area contributed by atoms with Gasteiger partial charge in [-0.3, -0.25) is 0 Å². The molecule has 9 heteroatoms. The number of halogens is 3. The van der Waals surface area contributed by atoms with Gasteiger partial charge in [-0.2, -0.15) is 17.9 Å². The van der Waals surface area contributed by atoms with Crippen molar-refractivity contribution in [2.24, 2.45) is 0 Å². The van der Waals surface area contributed by atoms with Gasteiger partial charge < -0.3 is 9.73 Å². The van der Waals surface area contributed by atoms with Crippen LogP contribution in [0, 0.1) is 0 Å². The molecule has 1 heterocycles. The van der Waals surface area contributed by atoms with E-state index < -0.39 is 27.8 Å². The average Bonchev–Trinajstić information content (AvgIpc) is 2.76. The fourth-order valence-electron chi connectivity index (χ4n) is 1.23. The molecular weight excluding hydrogens is 285 g/mol. The molecular formula is C10H15F3N2O3S. The van der Waals surface area contributed by atoms with E-state index in [-0.39, 0.29) is 0 Å². The molecule has 1 rings (SSSR count). The fraction of sp³-hybridized carbons (Fsp3) is 0.600. The first kappa shape index (κ1) is 16.0. The molecule has 0 saturated carbocycles. The van der Waals surface area contributed by atoms with E-state index in [1.807, 2.05) is 6.92 Å². The summed E-state index contributed by atoms with van der Waals surface area (Å²) in [5.41, 5.74) is 0.